The van der Waals surface area contributed by atoms with Crippen molar-refractivity contribution in [1.29, 1.82) is 0 Å². The molecule has 0 saturated heterocycles. The van der Waals surface area contributed by atoms with Gasteiger partial charge in [0.05, 0.1) is 10.0 Å². The average Bonchev–Trinajstić information content (AvgIpc) is 3.09. The van der Waals surface area contributed by atoms with Crippen LogP contribution in [0.1, 0.15) is 12.0 Å². The topological polar surface area (TPSA) is 54.5 Å². The third-order valence-electron chi connectivity index (χ3n) is 3.92. The molecule has 1 aliphatic heterocycles. The van der Waals surface area contributed by atoms with Crippen molar-refractivity contribution in [1.82, 2.24) is 10.3 Å². The SMILES string of the molecule is O=C(NCc1ccc(OC(F)(F)F)cc1)C1CC=CN1c1ncc(Cl)cc1Cl. The van der Waals surface area contributed by atoms with E-state index >= 15 is 0 Å². The van der Waals surface area contributed by atoms with E-state index in [0.29, 0.717) is 27.8 Å². The summed E-state index contributed by atoms with van der Waals surface area (Å²) in [6.07, 6.45) is 0.695. The zero-order valence-electron chi connectivity index (χ0n) is 14.2. The van der Waals surface area contributed by atoms with E-state index in [4.69, 9.17) is 23.2 Å². The maximum Gasteiger partial charge on any atom is 0.573 e. The van der Waals surface area contributed by atoms with Crippen LogP contribution in [-0.2, 0) is 11.3 Å². The van der Waals surface area contributed by atoms with Crippen LogP contribution in [0.2, 0.25) is 10.0 Å². The lowest BCUT2D eigenvalue weighted by atomic mass is 10.2. The van der Waals surface area contributed by atoms with Crippen molar-refractivity contribution in [2.24, 2.45) is 0 Å². The van der Waals surface area contributed by atoms with Gasteiger partial charge in [0.1, 0.15) is 11.8 Å². The van der Waals surface area contributed by atoms with Gasteiger partial charge in [0.2, 0.25) is 5.91 Å². The van der Waals surface area contributed by atoms with Gasteiger partial charge in [0, 0.05) is 18.9 Å². The van der Waals surface area contributed by atoms with Crippen LogP contribution in [0.4, 0.5) is 19.0 Å². The quantitative estimate of drug-likeness (QED) is 0.745. The van der Waals surface area contributed by atoms with Crippen LogP contribution >= 0.6 is 23.2 Å². The van der Waals surface area contributed by atoms with Crippen LogP contribution in [0.25, 0.3) is 0 Å². The molecule has 2 aromatic rings. The van der Waals surface area contributed by atoms with E-state index in [9.17, 15) is 18.0 Å². The Bertz CT molecular complexity index is 889. The summed E-state index contributed by atoms with van der Waals surface area (Å²) in [5, 5.41) is 3.46. The summed E-state index contributed by atoms with van der Waals surface area (Å²) in [5.74, 6) is -0.181. The van der Waals surface area contributed by atoms with Crippen LogP contribution in [-0.4, -0.2) is 23.3 Å². The van der Waals surface area contributed by atoms with Crippen LogP contribution in [0.3, 0.4) is 0 Å². The summed E-state index contributed by atoms with van der Waals surface area (Å²) in [6, 6.07) is 6.27. The van der Waals surface area contributed by atoms with Crippen LogP contribution < -0.4 is 15.0 Å². The van der Waals surface area contributed by atoms with E-state index in [2.05, 4.69) is 15.0 Å². The summed E-state index contributed by atoms with van der Waals surface area (Å²) in [7, 11) is 0. The van der Waals surface area contributed by atoms with Crippen molar-refractivity contribution >= 4 is 34.9 Å². The highest BCUT2D eigenvalue weighted by Gasteiger charge is 2.31. The Morgan fingerprint density at radius 1 is 1.29 bits per heavy atom. The van der Waals surface area contributed by atoms with Crippen molar-refractivity contribution < 1.29 is 22.7 Å². The molecule has 0 spiro atoms. The van der Waals surface area contributed by atoms with Crippen molar-refractivity contribution in [2.75, 3.05) is 4.90 Å². The monoisotopic (exact) mass is 431 g/mol. The molecule has 5 nitrogen and oxygen atoms in total. The molecule has 1 amide bonds. The first-order chi connectivity index (χ1) is 13.2. The molecule has 2 heterocycles. The number of carbonyl (C=O) groups excluding carboxylic acids is 1. The third-order valence-corrected chi connectivity index (χ3v) is 4.41. The van der Waals surface area contributed by atoms with E-state index < -0.39 is 12.4 Å². The molecule has 0 fully saturated rings. The summed E-state index contributed by atoms with van der Waals surface area (Å²) in [6.45, 7) is 0.150. The number of amides is 1. The van der Waals surface area contributed by atoms with Gasteiger partial charge in [-0.3, -0.25) is 4.79 Å². The lowest BCUT2D eigenvalue weighted by Gasteiger charge is -2.24. The minimum absolute atomic E-state index is 0.150. The molecular formula is C18H14Cl2F3N3O2. The smallest absolute Gasteiger partial charge is 0.406 e. The molecule has 28 heavy (non-hydrogen) atoms. The fraction of sp³-hybridized carbons (Fsp3) is 0.222. The number of nitrogens with zero attached hydrogens (tertiary/aromatic N) is 2. The van der Waals surface area contributed by atoms with Gasteiger partial charge in [0.25, 0.3) is 0 Å². The van der Waals surface area contributed by atoms with E-state index in [-0.39, 0.29) is 18.2 Å². The van der Waals surface area contributed by atoms with E-state index in [1.807, 2.05) is 6.08 Å². The second-order valence-corrected chi connectivity index (χ2v) is 6.76. The highest BCUT2D eigenvalue weighted by atomic mass is 35.5. The maximum absolute atomic E-state index is 12.6. The lowest BCUT2D eigenvalue weighted by Crippen LogP contribution is -2.42. The summed E-state index contributed by atoms with van der Waals surface area (Å²) < 4.78 is 40.4. The molecule has 1 atom stereocenters. The number of benzene rings is 1. The number of carbonyl (C=O) groups is 1. The summed E-state index contributed by atoms with van der Waals surface area (Å²) in [4.78, 5) is 18.4. The third kappa shape index (κ3) is 5.08. The summed E-state index contributed by atoms with van der Waals surface area (Å²) in [5.41, 5.74) is 0.628. The number of hydrogen-bond acceptors (Lipinski definition) is 4. The van der Waals surface area contributed by atoms with Gasteiger partial charge < -0.3 is 15.0 Å². The number of hydrogen-bond donors (Lipinski definition) is 1. The lowest BCUT2D eigenvalue weighted by molar-refractivity contribution is -0.274. The van der Waals surface area contributed by atoms with Gasteiger partial charge in [-0.05, 0) is 30.2 Å². The van der Waals surface area contributed by atoms with Crippen molar-refractivity contribution in [3.8, 4) is 5.75 Å². The Morgan fingerprint density at radius 3 is 2.64 bits per heavy atom. The Hall–Kier alpha value is -2.45. The average molecular weight is 432 g/mol. The molecule has 148 valence electrons. The number of halogens is 5. The van der Waals surface area contributed by atoms with Gasteiger partial charge in [-0.15, -0.1) is 13.2 Å². The van der Waals surface area contributed by atoms with Crippen LogP contribution in [0.15, 0.2) is 48.8 Å². The molecule has 1 unspecified atom stereocenters. The molecule has 1 aromatic carbocycles. The fourth-order valence-corrected chi connectivity index (χ4v) is 3.16. The molecule has 0 radical (unpaired) electrons. The first-order valence-electron chi connectivity index (χ1n) is 8.11. The van der Waals surface area contributed by atoms with Gasteiger partial charge in [-0.2, -0.15) is 0 Å². The van der Waals surface area contributed by atoms with Crippen molar-refractivity contribution in [2.45, 2.75) is 25.4 Å². The Kier molecular flexibility index (Phi) is 6.00. The largest absolute Gasteiger partial charge is 0.573 e. The minimum atomic E-state index is -4.74. The first kappa shape index (κ1) is 20.3. The van der Waals surface area contributed by atoms with E-state index in [1.54, 1.807) is 11.1 Å². The number of nitrogens with one attached hydrogen (secondary N) is 1. The second-order valence-electron chi connectivity index (χ2n) is 5.91. The number of rotatable bonds is 5. The standard InChI is InChI=1S/C18H14Cl2F3N3O2/c19-12-8-14(20)16(24-10-12)26-7-1-2-15(26)17(27)25-9-11-3-5-13(6-4-11)28-18(21,22)23/h1,3-8,10,15H,2,9H2,(H,25,27). The predicted molar refractivity (Wildman–Crippen MR) is 99.3 cm³/mol. The number of anilines is 1. The second kappa shape index (κ2) is 8.28. The zero-order chi connectivity index (χ0) is 20.3. The number of alkyl halides is 3. The van der Waals surface area contributed by atoms with E-state index in [0.717, 1.165) is 0 Å². The maximum atomic E-state index is 12.6. The van der Waals surface area contributed by atoms with Gasteiger partial charge >= 0.3 is 6.36 Å². The summed E-state index contributed by atoms with van der Waals surface area (Å²) >= 11 is 12.0. The highest BCUT2D eigenvalue weighted by Crippen LogP contribution is 2.31. The molecule has 1 N–H and O–H groups in total. The Balaban J connectivity index is 1.61. The van der Waals surface area contributed by atoms with E-state index in [1.165, 1.54) is 36.5 Å². The molecule has 0 aliphatic carbocycles. The number of pyridine rings is 1. The van der Waals surface area contributed by atoms with Crippen molar-refractivity contribution in [3.05, 3.63) is 64.4 Å². The van der Waals surface area contributed by atoms with Gasteiger partial charge in [0.15, 0.2) is 5.82 Å². The predicted octanol–water partition coefficient (Wildman–Crippen LogP) is 4.70. The molecule has 3 rings (SSSR count). The normalized spacial score (nSPS) is 16.3. The molecule has 0 saturated carbocycles. The molecule has 10 heteroatoms. The first-order valence-corrected chi connectivity index (χ1v) is 8.87. The Morgan fingerprint density at radius 2 is 2.00 bits per heavy atom. The van der Waals surface area contributed by atoms with Crippen LogP contribution in [0, 0.1) is 0 Å². The van der Waals surface area contributed by atoms with Gasteiger partial charge in [-0.25, -0.2) is 4.98 Å². The molecular weight excluding hydrogens is 418 g/mol. The number of ether oxygens (including phenoxy) is 1. The highest BCUT2D eigenvalue weighted by molar-refractivity contribution is 6.36. The molecule has 1 aromatic heterocycles. The fourth-order valence-electron chi connectivity index (χ4n) is 2.69. The van der Waals surface area contributed by atoms with Gasteiger partial charge in [-0.1, -0.05) is 41.4 Å². The zero-order valence-corrected chi connectivity index (χ0v) is 15.7. The molecule has 0 bridgehead atoms. The number of aromatic nitrogens is 1. The Labute approximate surface area is 168 Å². The van der Waals surface area contributed by atoms with Crippen molar-refractivity contribution in [3.63, 3.8) is 0 Å². The minimum Gasteiger partial charge on any atom is -0.406 e. The van der Waals surface area contributed by atoms with Crippen LogP contribution in [0.5, 0.6) is 5.75 Å². The molecule has 1 aliphatic rings.